The SMILES string of the molecule is OC(CNC1CCCSC1)C1CCOC1. The maximum Gasteiger partial charge on any atom is 0.0715 e. The van der Waals surface area contributed by atoms with Gasteiger partial charge >= 0.3 is 0 Å². The van der Waals surface area contributed by atoms with E-state index in [1.54, 1.807) is 0 Å². The average molecular weight is 231 g/mol. The van der Waals surface area contributed by atoms with Gasteiger partial charge in [-0.15, -0.1) is 0 Å². The fraction of sp³-hybridized carbons (Fsp3) is 1.00. The zero-order valence-corrected chi connectivity index (χ0v) is 9.97. The number of hydrogen-bond donors (Lipinski definition) is 2. The van der Waals surface area contributed by atoms with Crippen molar-refractivity contribution < 1.29 is 9.84 Å². The molecule has 0 bridgehead atoms. The maximum absolute atomic E-state index is 9.93. The predicted octanol–water partition coefficient (Wildman–Crippen LogP) is 0.869. The number of nitrogens with one attached hydrogen (secondary N) is 1. The average Bonchev–Trinajstić information content (AvgIpc) is 2.81. The van der Waals surface area contributed by atoms with Gasteiger partial charge < -0.3 is 15.2 Å². The standard InChI is InChI=1S/C11H21NO2S/c13-11(9-3-4-14-7-9)6-12-10-2-1-5-15-8-10/h9-13H,1-8H2. The summed E-state index contributed by atoms with van der Waals surface area (Å²) in [6, 6.07) is 0.612. The summed E-state index contributed by atoms with van der Waals surface area (Å²) < 4.78 is 5.28. The lowest BCUT2D eigenvalue weighted by atomic mass is 10.0. The van der Waals surface area contributed by atoms with E-state index < -0.39 is 0 Å². The highest BCUT2D eigenvalue weighted by atomic mass is 32.2. The third kappa shape index (κ3) is 3.63. The molecule has 0 spiro atoms. The highest BCUT2D eigenvalue weighted by molar-refractivity contribution is 7.99. The van der Waals surface area contributed by atoms with E-state index >= 15 is 0 Å². The largest absolute Gasteiger partial charge is 0.391 e. The fourth-order valence-corrected chi connectivity index (χ4v) is 3.32. The second-order valence-electron chi connectivity index (χ2n) is 4.51. The van der Waals surface area contributed by atoms with Crippen LogP contribution in [0.1, 0.15) is 19.3 Å². The van der Waals surface area contributed by atoms with Crippen LogP contribution in [0.4, 0.5) is 0 Å². The Morgan fingerprint density at radius 2 is 2.40 bits per heavy atom. The van der Waals surface area contributed by atoms with Crippen molar-refractivity contribution in [3.63, 3.8) is 0 Å². The smallest absolute Gasteiger partial charge is 0.0715 e. The van der Waals surface area contributed by atoms with E-state index in [1.807, 2.05) is 11.8 Å². The van der Waals surface area contributed by atoms with E-state index in [9.17, 15) is 5.11 Å². The molecule has 2 fully saturated rings. The highest BCUT2D eigenvalue weighted by Crippen LogP contribution is 2.19. The van der Waals surface area contributed by atoms with E-state index in [0.29, 0.717) is 12.0 Å². The van der Waals surface area contributed by atoms with Crippen LogP contribution in [-0.2, 0) is 4.74 Å². The molecule has 0 amide bonds. The van der Waals surface area contributed by atoms with Crippen LogP contribution in [0.25, 0.3) is 0 Å². The molecule has 0 aromatic heterocycles. The van der Waals surface area contributed by atoms with Crippen LogP contribution in [0.3, 0.4) is 0 Å². The van der Waals surface area contributed by atoms with Crippen LogP contribution in [0.2, 0.25) is 0 Å². The van der Waals surface area contributed by atoms with Gasteiger partial charge in [-0.3, -0.25) is 0 Å². The molecule has 2 heterocycles. The zero-order chi connectivity index (χ0) is 10.5. The number of rotatable bonds is 4. The van der Waals surface area contributed by atoms with Crippen LogP contribution < -0.4 is 5.32 Å². The Balaban J connectivity index is 1.63. The van der Waals surface area contributed by atoms with Crippen LogP contribution in [0.5, 0.6) is 0 Å². The second kappa shape index (κ2) is 6.09. The lowest BCUT2D eigenvalue weighted by Crippen LogP contribution is -2.41. The molecule has 0 saturated carbocycles. The summed E-state index contributed by atoms with van der Waals surface area (Å²) >= 11 is 2.02. The third-order valence-electron chi connectivity index (χ3n) is 3.29. The Kier molecular flexibility index (Phi) is 4.75. The van der Waals surface area contributed by atoms with Gasteiger partial charge in [-0.05, 0) is 25.0 Å². The molecule has 15 heavy (non-hydrogen) atoms. The summed E-state index contributed by atoms with van der Waals surface area (Å²) in [5.74, 6) is 2.86. The van der Waals surface area contributed by atoms with Crippen molar-refractivity contribution in [2.24, 2.45) is 5.92 Å². The van der Waals surface area contributed by atoms with Crippen molar-refractivity contribution in [2.45, 2.75) is 31.4 Å². The summed E-state index contributed by atoms with van der Waals surface area (Å²) in [7, 11) is 0. The van der Waals surface area contributed by atoms with E-state index in [1.165, 1.54) is 24.3 Å². The van der Waals surface area contributed by atoms with Gasteiger partial charge in [0.1, 0.15) is 0 Å². The van der Waals surface area contributed by atoms with Gasteiger partial charge in [-0.25, -0.2) is 0 Å². The molecular weight excluding hydrogens is 210 g/mol. The summed E-state index contributed by atoms with van der Waals surface area (Å²) in [5, 5.41) is 13.4. The number of aliphatic hydroxyl groups excluding tert-OH is 1. The molecule has 0 aliphatic carbocycles. The van der Waals surface area contributed by atoms with Gasteiger partial charge in [0.15, 0.2) is 0 Å². The third-order valence-corrected chi connectivity index (χ3v) is 4.50. The van der Waals surface area contributed by atoms with Crippen LogP contribution >= 0.6 is 11.8 Å². The fourth-order valence-electron chi connectivity index (χ4n) is 2.21. The number of thioether (sulfide) groups is 1. The number of aliphatic hydroxyl groups is 1. The van der Waals surface area contributed by atoms with Gasteiger partial charge in [0, 0.05) is 30.9 Å². The van der Waals surface area contributed by atoms with E-state index in [4.69, 9.17) is 4.74 Å². The van der Waals surface area contributed by atoms with Crippen molar-refractivity contribution in [2.75, 3.05) is 31.3 Å². The molecule has 88 valence electrons. The molecule has 0 aromatic rings. The van der Waals surface area contributed by atoms with Gasteiger partial charge in [-0.1, -0.05) is 0 Å². The Labute approximate surface area is 96.0 Å². The van der Waals surface area contributed by atoms with E-state index in [0.717, 1.165) is 26.2 Å². The maximum atomic E-state index is 9.93. The van der Waals surface area contributed by atoms with Crippen molar-refractivity contribution in [1.29, 1.82) is 0 Å². The lowest BCUT2D eigenvalue weighted by molar-refractivity contribution is 0.0886. The van der Waals surface area contributed by atoms with Gasteiger partial charge in [0.2, 0.25) is 0 Å². The van der Waals surface area contributed by atoms with Gasteiger partial charge in [-0.2, -0.15) is 11.8 Å². The Morgan fingerprint density at radius 1 is 1.47 bits per heavy atom. The molecule has 3 unspecified atom stereocenters. The van der Waals surface area contributed by atoms with Crippen LogP contribution in [0.15, 0.2) is 0 Å². The molecule has 2 aliphatic rings. The quantitative estimate of drug-likeness (QED) is 0.753. The van der Waals surface area contributed by atoms with E-state index in [-0.39, 0.29) is 6.10 Å². The van der Waals surface area contributed by atoms with Crippen molar-refractivity contribution in [1.82, 2.24) is 5.32 Å². The number of hydrogen-bond acceptors (Lipinski definition) is 4. The summed E-state index contributed by atoms with van der Waals surface area (Å²) in [4.78, 5) is 0. The van der Waals surface area contributed by atoms with Crippen LogP contribution in [0, 0.1) is 5.92 Å². The highest BCUT2D eigenvalue weighted by Gasteiger charge is 2.24. The normalized spacial score (nSPS) is 34.2. The Hall–Kier alpha value is 0.230. The second-order valence-corrected chi connectivity index (χ2v) is 5.66. The van der Waals surface area contributed by atoms with Gasteiger partial charge in [0.05, 0.1) is 12.7 Å². The van der Waals surface area contributed by atoms with E-state index in [2.05, 4.69) is 5.32 Å². The Morgan fingerprint density at radius 3 is 3.07 bits per heavy atom. The molecule has 2 rings (SSSR count). The van der Waals surface area contributed by atoms with Crippen molar-refractivity contribution in [3.8, 4) is 0 Å². The minimum Gasteiger partial charge on any atom is -0.391 e. The molecule has 0 aromatic carbocycles. The number of ether oxygens (including phenoxy) is 1. The molecule has 2 saturated heterocycles. The first-order chi connectivity index (χ1) is 7.36. The van der Waals surface area contributed by atoms with Gasteiger partial charge in [0.25, 0.3) is 0 Å². The van der Waals surface area contributed by atoms with Crippen LogP contribution in [-0.4, -0.2) is 48.5 Å². The van der Waals surface area contributed by atoms with Crippen molar-refractivity contribution >= 4 is 11.8 Å². The first-order valence-electron chi connectivity index (χ1n) is 5.93. The monoisotopic (exact) mass is 231 g/mol. The minimum atomic E-state index is -0.223. The predicted molar refractivity (Wildman–Crippen MR) is 63.3 cm³/mol. The topological polar surface area (TPSA) is 41.5 Å². The molecule has 2 N–H and O–H groups in total. The first-order valence-corrected chi connectivity index (χ1v) is 7.08. The first kappa shape index (κ1) is 11.7. The molecule has 2 aliphatic heterocycles. The zero-order valence-electron chi connectivity index (χ0n) is 9.15. The molecular formula is C11H21NO2S. The molecule has 0 radical (unpaired) electrons. The molecule has 3 atom stereocenters. The molecule has 4 heteroatoms. The summed E-state index contributed by atoms with van der Waals surface area (Å²) in [5.41, 5.74) is 0. The lowest BCUT2D eigenvalue weighted by Gasteiger charge is -2.25. The molecule has 3 nitrogen and oxygen atoms in total. The minimum absolute atomic E-state index is 0.223. The Bertz CT molecular complexity index is 179. The summed E-state index contributed by atoms with van der Waals surface area (Å²) in [6.07, 6.45) is 3.37. The van der Waals surface area contributed by atoms with Crippen molar-refractivity contribution in [3.05, 3.63) is 0 Å². The summed E-state index contributed by atoms with van der Waals surface area (Å²) in [6.45, 7) is 2.29.